The number of fused-ring (bicyclic) bond motifs is 3. The molecular weight excluding hydrogens is 304 g/mol. The normalized spacial score (nSPS) is 48.7. The van der Waals surface area contributed by atoms with Gasteiger partial charge in [0, 0.05) is 17.4 Å². The summed E-state index contributed by atoms with van der Waals surface area (Å²) >= 11 is 0. The summed E-state index contributed by atoms with van der Waals surface area (Å²) in [6.45, 7) is 6.45. The molecule has 0 saturated heterocycles. The second kappa shape index (κ2) is 5.84. The van der Waals surface area contributed by atoms with Crippen molar-refractivity contribution in [2.75, 3.05) is 6.61 Å². The average Bonchev–Trinajstić information content (AvgIpc) is 2.55. The van der Waals surface area contributed by atoms with Gasteiger partial charge in [-0.3, -0.25) is 4.79 Å². The largest absolute Gasteiger partial charge is 0.515 e. The van der Waals surface area contributed by atoms with Crippen molar-refractivity contribution < 1.29 is 20.1 Å². The first-order valence-corrected chi connectivity index (χ1v) is 9.38. The molecule has 0 amide bonds. The molecule has 0 heterocycles. The van der Waals surface area contributed by atoms with Gasteiger partial charge in [0.1, 0.15) is 0 Å². The third-order valence-corrected chi connectivity index (χ3v) is 8.14. The predicted octanol–water partition coefficient (Wildman–Crippen LogP) is 3.37. The second-order valence-electron chi connectivity index (χ2n) is 9.27. The summed E-state index contributed by atoms with van der Waals surface area (Å²) in [4.78, 5) is 12.3. The van der Waals surface area contributed by atoms with Gasteiger partial charge in [0.25, 0.3) is 0 Å². The first-order chi connectivity index (χ1) is 11.2. The maximum Gasteiger partial charge on any atom is 0.162 e. The zero-order chi connectivity index (χ0) is 17.8. The molecule has 4 heteroatoms. The molecule has 136 valence electrons. The molecule has 0 aliphatic heterocycles. The molecule has 0 aromatic heterocycles. The summed E-state index contributed by atoms with van der Waals surface area (Å²) in [6.07, 6.45) is 6.63. The number of hydrogen-bond acceptors (Lipinski definition) is 4. The maximum atomic E-state index is 12.3. The molecule has 0 spiro atoms. The quantitative estimate of drug-likeness (QED) is 0.534. The van der Waals surface area contributed by atoms with E-state index in [1.165, 1.54) is 0 Å². The topological polar surface area (TPSA) is 77.8 Å². The summed E-state index contributed by atoms with van der Waals surface area (Å²) in [6, 6.07) is 0. The van der Waals surface area contributed by atoms with Crippen molar-refractivity contribution in [2.45, 2.75) is 71.8 Å². The fourth-order valence-corrected chi connectivity index (χ4v) is 6.37. The molecule has 0 radical (unpaired) electrons. The minimum absolute atomic E-state index is 0.106. The van der Waals surface area contributed by atoms with Gasteiger partial charge in [-0.15, -0.1) is 0 Å². The van der Waals surface area contributed by atoms with Crippen molar-refractivity contribution >= 4 is 5.78 Å². The Morgan fingerprint density at radius 2 is 1.92 bits per heavy atom. The molecule has 6 atom stereocenters. The zero-order valence-corrected chi connectivity index (χ0v) is 15.2. The number of carbonyl (C=O) groups is 1. The van der Waals surface area contributed by atoms with Crippen molar-refractivity contribution in [1.29, 1.82) is 0 Å². The number of aliphatic hydroxyl groups is 3. The van der Waals surface area contributed by atoms with Crippen LogP contribution in [0.1, 0.15) is 65.7 Å². The van der Waals surface area contributed by atoms with Crippen molar-refractivity contribution in [2.24, 2.45) is 28.1 Å². The number of rotatable bonds is 2. The maximum absolute atomic E-state index is 12.3. The van der Waals surface area contributed by atoms with E-state index in [0.717, 1.165) is 44.8 Å². The Labute approximate surface area is 145 Å². The van der Waals surface area contributed by atoms with Crippen LogP contribution in [0.25, 0.3) is 0 Å². The van der Waals surface area contributed by atoms with Crippen molar-refractivity contribution in [3.05, 3.63) is 11.8 Å². The highest BCUT2D eigenvalue weighted by molar-refractivity contribution is 5.97. The fourth-order valence-electron chi connectivity index (χ4n) is 6.37. The Kier molecular flexibility index (Phi) is 4.37. The second-order valence-corrected chi connectivity index (χ2v) is 9.27. The molecular formula is C20H32O4. The molecule has 3 aliphatic carbocycles. The van der Waals surface area contributed by atoms with E-state index in [0.29, 0.717) is 23.8 Å². The van der Waals surface area contributed by atoms with E-state index in [1.807, 2.05) is 0 Å². The summed E-state index contributed by atoms with van der Waals surface area (Å²) in [5, 5.41) is 29.4. The van der Waals surface area contributed by atoms with E-state index in [2.05, 4.69) is 20.8 Å². The van der Waals surface area contributed by atoms with Gasteiger partial charge < -0.3 is 15.3 Å². The van der Waals surface area contributed by atoms with E-state index >= 15 is 0 Å². The smallest absolute Gasteiger partial charge is 0.162 e. The summed E-state index contributed by atoms with van der Waals surface area (Å²) < 4.78 is 0. The van der Waals surface area contributed by atoms with Crippen LogP contribution in [0.3, 0.4) is 0 Å². The van der Waals surface area contributed by atoms with Gasteiger partial charge in [-0.2, -0.15) is 0 Å². The highest BCUT2D eigenvalue weighted by Gasteiger charge is 2.60. The molecule has 3 rings (SSSR count). The monoisotopic (exact) mass is 336 g/mol. The standard InChI is InChI=1S/C20H32O4/c1-18(17(24)12-22)8-9-19(2)13(10-18)6-7-20(3)14(11-21)15(23)4-5-16(19)20/h11,13,16-17,21-22,24H,4-10,12H2,1-3H3/b14-11+/t13-,16+,17?,18-,19-,20+/m0/s1. The molecule has 1 unspecified atom stereocenters. The molecule has 3 saturated carbocycles. The lowest BCUT2D eigenvalue weighted by Crippen LogP contribution is -2.56. The van der Waals surface area contributed by atoms with Gasteiger partial charge in [0.15, 0.2) is 5.78 Å². The van der Waals surface area contributed by atoms with Gasteiger partial charge in [-0.25, -0.2) is 0 Å². The molecule has 4 nitrogen and oxygen atoms in total. The van der Waals surface area contributed by atoms with E-state index in [9.17, 15) is 20.1 Å². The third kappa shape index (κ3) is 2.37. The van der Waals surface area contributed by atoms with Crippen LogP contribution < -0.4 is 0 Å². The number of Topliss-reactive ketones (excluding diaryl/α,β-unsaturated/α-hetero) is 1. The molecule has 3 aliphatic rings. The third-order valence-electron chi connectivity index (χ3n) is 8.14. The van der Waals surface area contributed by atoms with E-state index in [4.69, 9.17) is 0 Å². The van der Waals surface area contributed by atoms with Gasteiger partial charge in [-0.1, -0.05) is 20.8 Å². The van der Waals surface area contributed by atoms with Crippen LogP contribution in [-0.2, 0) is 4.79 Å². The van der Waals surface area contributed by atoms with Crippen LogP contribution in [0.4, 0.5) is 0 Å². The van der Waals surface area contributed by atoms with Crippen molar-refractivity contribution in [3.63, 3.8) is 0 Å². The van der Waals surface area contributed by atoms with Crippen LogP contribution in [0.5, 0.6) is 0 Å². The molecule has 0 aromatic carbocycles. The Morgan fingerprint density at radius 1 is 1.21 bits per heavy atom. The Morgan fingerprint density at radius 3 is 2.54 bits per heavy atom. The predicted molar refractivity (Wildman–Crippen MR) is 92.4 cm³/mol. The summed E-state index contributed by atoms with van der Waals surface area (Å²) in [5.74, 6) is 1.01. The Hall–Kier alpha value is -0.870. The Balaban J connectivity index is 1.92. The number of allylic oxidation sites excluding steroid dienone is 1. The van der Waals surface area contributed by atoms with E-state index in [-0.39, 0.29) is 28.6 Å². The lowest BCUT2D eigenvalue weighted by Gasteiger charge is -2.62. The fraction of sp³-hybridized carbons (Fsp3) is 0.850. The van der Waals surface area contributed by atoms with E-state index < -0.39 is 6.10 Å². The van der Waals surface area contributed by atoms with Crippen LogP contribution in [0.2, 0.25) is 0 Å². The molecule has 24 heavy (non-hydrogen) atoms. The number of aliphatic hydroxyl groups excluding tert-OH is 3. The highest BCUT2D eigenvalue weighted by Crippen LogP contribution is 2.66. The number of carbonyl (C=O) groups excluding carboxylic acids is 1. The Bertz CT molecular complexity index is 556. The zero-order valence-electron chi connectivity index (χ0n) is 15.2. The SMILES string of the molecule is C[C@]1(C(O)CO)CC[C@@]2(C)[C@@H](CC[C@]3(C)/C(=C/O)C(=O)CC[C@H]23)C1. The number of hydrogen-bond donors (Lipinski definition) is 3. The van der Waals surface area contributed by atoms with Gasteiger partial charge >= 0.3 is 0 Å². The minimum Gasteiger partial charge on any atom is -0.515 e. The van der Waals surface area contributed by atoms with Crippen molar-refractivity contribution in [3.8, 4) is 0 Å². The first-order valence-electron chi connectivity index (χ1n) is 9.38. The lowest BCUT2D eigenvalue weighted by atomic mass is 9.42. The van der Waals surface area contributed by atoms with Crippen LogP contribution in [-0.4, -0.2) is 33.8 Å². The lowest BCUT2D eigenvalue weighted by molar-refractivity contribution is -0.144. The molecule has 0 bridgehead atoms. The van der Waals surface area contributed by atoms with Crippen LogP contribution in [0.15, 0.2) is 11.8 Å². The minimum atomic E-state index is -0.656. The summed E-state index contributed by atoms with van der Waals surface area (Å²) in [5.41, 5.74) is 0.324. The average molecular weight is 336 g/mol. The first kappa shape index (κ1) is 17.9. The van der Waals surface area contributed by atoms with Crippen LogP contribution in [0, 0.1) is 28.1 Å². The van der Waals surface area contributed by atoms with Gasteiger partial charge in [0.2, 0.25) is 0 Å². The van der Waals surface area contributed by atoms with E-state index in [1.54, 1.807) is 0 Å². The highest BCUT2D eigenvalue weighted by atomic mass is 16.3. The van der Waals surface area contributed by atoms with Gasteiger partial charge in [-0.05, 0) is 61.2 Å². The molecule has 0 aromatic rings. The van der Waals surface area contributed by atoms with Gasteiger partial charge in [0.05, 0.1) is 19.0 Å². The molecule has 3 fully saturated rings. The summed E-state index contributed by atoms with van der Waals surface area (Å²) in [7, 11) is 0. The number of ketones is 1. The van der Waals surface area contributed by atoms with Crippen LogP contribution >= 0.6 is 0 Å². The molecule has 3 N–H and O–H groups in total. The van der Waals surface area contributed by atoms with Crippen molar-refractivity contribution in [1.82, 2.24) is 0 Å².